The molecule has 0 aromatic carbocycles. The van der Waals surface area contributed by atoms with E-state index < -0.39 is 0 Å². The molecular formula is C14H18O2S4. The first-order valence-corrected chi connectivity index (χ1v) is 11.2. The summed E-state index contributed by atoms with van der Waals surface area (Å²) in [5, 5.41) is 0. The van der Waals surface area contributed by atoms with Gasteiger partial charge in [0.1, 0.15) is 0 Å². The highest BCUT2D eigenvalue weighted by Gasteiger charge is 2.49. The number of carbonyl (C=O) groups excluding carboxylic acids is 2. The van der Waals surface area contributed by atoms with Gasteiger partial charge in [0.15, 0.2) is 11.6 Å². The Labute approximate surface area is 137 Å². The Kier molecular flexibility index (Phi) is 5.79. The van der Waals surface area contributed by atoms with Gasteiger partial charge in [-0.05, 0) is 25.0 Å². The van der Waals surface area contributed by atoms with E-state index in [4.69, 9.17) is 0 Å². The van der Waals surface area contributed by atoms with Crippen LogP contribution in [0.25, 0.3) is 0 Å². The lowest BCUT2D eigenvalue weighted by Gasteiger charge is -2.13. The summed E-state index contributed by atoms with van der Waals surface area (Å²) in [6.07, 6.45) is 9.03. The zero-order valence-electron chi connectivity index (χ0n) is 12.0. The van der Waals surface area contributed by atoms with Crippen molar-refractivity contribution in [1.29, 1.82) is 0 Å². The van der Waals surface area contributed by atoms with Gasteiger partial charge in [-0.3, -0.25) is 9.59 Å². The van der Waals surface area contributed by atoms with Crippen molar-refractivity contribution in [2.24, 2.45) is 11.8 Å². The largest absolute Gasteiger partial charge is 0.294 e. The average Bonchev–Trinajstić information content (AvgIpc) is 2.90. The van der Waals surface area contributed by atoms with Crippen molar-refractivity contribution in [2.45, 2.75) is 12.8 Å². The molecule has 0 radical (unpaired) electrons. The minimum Gasteiger partial charge on any atom is -0.294 e. The van der Waals surface area contributed by atoms with E-state index in [1.165, 1.54) is 0 Å². The Morgan fingerprint density at radius 3 is 1.30 bits per heavy atom. The third kappa shape index (κ3) is 2.76. The van der Waals surface area contributed by atoms with E-state index in [9.17, 15) is 9.59 Å². The molecule has 0 aromatic heterocycles. The third-order valence-electron chi connectivity index (χ3n) is 3.82. The summed E-state index contributed by atoms with van der Waals surface area (Å²) in [4.78, 5) is 24.7. The van der Waals surface area contributed by atoms with Gasteiger partial charge in [0.25, 0.3) is 0 Å². The second-order valence-corrected chi connectivity index (χ2v) is 8.47. The molecule has 2 nitrogen and oxygen atoms in total. The van der Waals surface area contributed by atoms with Gasteiger partial charge >= 0.3 is 0 Å². The van der Waals surface area contributed by atoms with E-state index >= 15 is 0 Å². The Morgan fingerprint density at radius 1 is 0.750 bits per heavy atom. The highest BCUT2D eigenvalue weighted by Crippen LogP contribution is 2.52. The fraction of sp³-hybridized carbons (Fsp3) is 0.571. The van der Waals surface area contributed by atoms with E-state index in [0.717, 1.165) is 19.6 Å². The molecule has 0 heterocycles. The molecule has 2 atom stereocenters. The monoisotopic (exact) mass is 346 g/mol. The van der Waals surface area contributed by atoms with E-state index in [2.05, 4.69) is 0 Å². The second kappa shape index (κ2) is 6.99. The minimum absolute atomic E-state index is 0.120. The van der Waals surface area contributed by atoms with E-state index in [1.54, 1.807) is 47.0 Å². The second-order valence-electron chi connectivity index (χ2n) is 4.69. The third-order valence-corrected chi connectivity index (χ3v) is 8.18. The standard InChI is InChI=1S/C14H18O2S4/c1-17-13(18-2)11-7-5-10(16)12(14(19-3)20-4)8(7)6-9(11)15/h7-8H,5-6H2,1-4H3/t7-,8-/m0/s1. The number of thioether (sulfide) groups is 4. The molecule has 110 valence electrons. The highest BCUT2D eigenvalue weighted by molar-refractivity contribution is 8.22. The van der Waals surface area contributed by atoms with Crippen LogP contribution in [0, 0.1) is 11.8 Å². The molecule has 2 aliphatic rings. The maximum atomic E-state index is 12.4. The van der Waals surface area contributed by atoms with Gasteiger partial charge in [-0.25, -0.2) is 0 Å². The van der Waals surface area contributed by atoms with Crippen LogP contribution in [-0.2, 0) is 9.59 Å². The minimum atomic E-state index is 0.120. The van der Waals surface area contributed by atoms with Crippen LogP contribution >= 0.6 is 47.0 Å². The number of rotatable bonds is 4. The van der Waals surface area contributed by atoms with Crippen molar-refractivity contribution in [1.82, 2.24) is 0 Å². The molecule has 0 bridgehead atoms. The van der Waals surface area contributed by atoms with Crippen LogP contribution in [0.4, 0.5) is 0 Å². The molecule has 0 aromatic rings. The number of hydrogen-bond donors (Lipinski definition) is 0. The van der Waals surface area contributed by atoms with Gasteiger partial charge in [-0.1, -0.05) is 0 Å². The fourth-order valence-electron chi connectivity index (χ4n) is 3.06. The molecular weight excluding hydrogens is 328 g/mol. The summed E-state index contributed by atoms with van der Waals surface area (Å²) in [5.74, 6) is 0.721. The summed E-state index contributed by atoms with van der Waals surface area (Å²) in [6, 6.07) is 0. The summed E-state index contributed by atoms with van der Waals surface area (Å²) < 4.78 is 2.18. The van der Waals surface area contributed by atoms with Gasteiger partial charge in [-0.15, -0.1) is 47.0 Å². The van der Waals surface area contributed by atoms with E-state index in [0.29, 0.717) is 12.8 Å². The molecule has 6 heteroatoms. The number of hydrogen-bond acceptors (Lipinski definition) is 6. The van der Waals surface area contributed by atoms with E-state index in [1.807, 2.05) is 25.0 Å². The lowest BCUT2D eigenvalue weighted by molar-refractivity contribution is -0.115. The molecule has 2 saturated carbocycles. The van der Waals surface area contributed by atoms with Crippen molar-refractivity contribution >= 4 is 58.6 Å². The van der Waals surface area contributed by atoms with Crippen LogP contribution in [0.2, 0.25) is 0 Å². The molecule has 20 heavy (non-hydrogen) atoms. The van der Waals surface area contributed by atoms with Crippen molar-refractivity contribution in [3.05, 3.63) is 19.6 Å². The number of ketones is 2. The molecule has 0 spiro atoms. The van der Waals surface area contributed by atoms with Gasteiger partial charge in [0.05, 0.1) is 0 Å². The van der Waals surface area contributed by atoms with Crippen LogP contribution in [0.15, 0.2) is 19.6 Å². The molecule has 2 aliphatic carbocycles. The molecule has 0 N–H and O–H groups in total. The average molecular weight is 347 g/mol. The highest BCUT2D eigenvalue weighted by atomic mass is 32.2. The van der Waals surface area contributed by atoms with Gasteiger partial charge < -0.3 is 0 Å². The summed E-state index contributed by atoms with van der Waals surface area (Å²) in [5.41, 5.74) is 1.83. The normalized spacial score (nSPS) is 25.4. The van der Waals surface area contributed by atoms with Crippen LogP contribution in [0.1, 0.15) is 12.8 Å². The quantitative estimate of drug-likeness (QED) is 0.715. The number of allylic oxidation sites excluding steroid dienone is 2. The molecule has 0 aliphatic heterocycles. The predicted molar refractivity (Wildman–Crippen MR) is 94.3 cm³/mol. The van der Waals surface area contributed by atoms with Gasteiger partial charge in [-0.2, -0.15) is 0 Å². The van der Waals surface area contributed by atoms with Crippen molar-refractivity contribution in [3.63, 3.8) is 0 Å². The Bertz CT molecular complexity index is 449. The number of fused-ring (bicyclic) bond motifs is 1. The Morgan fingerprint density at radius 2 is 1.05 bits per heavy atom. The van der Waals surface area contributed by atoms with Crippen molar-refractivity contribution in [2.75, 3.05) is 25.0 Å². The first-order chi connectivity index (χ1) is 9.58. The molecule has 0 amide bonds. The Balaban J connectivity index is 2.48. The summed E-state index contributed by atoms with van der Waals surface area (Å²) in [6.45, 7) is 0. The van der Waals surface area contributed by atoms with Crippen LogP contribution < -0.4 is 0 Å². The van der Waals surface area contributed by atoms with Crippen molar-refractivity contribution in [3.8, 4) is 0 Å². The SMILES string of the molecule is CSC(SC)=C1C(=O)C[C@@H]2C(=C(SC)SC)C(=O)C[C@H]12. The predicted octanol–water partition coefficient (Wildman–Crippen LogP) is 4.04. The zero-order chi connectivity index (χ0) is 14.9. The first kappa shape index (κ1) is 16.6. The van der Waals surface area contributed by atoms with Crippen molar-refractivity contribution < 1.29 is 9.59 Å². The topological polar surface area (TPSA) is 34.1 Å². The van der Waals surface area contributed by atoms with Crippen LogP contribution in [0.5, 0.6) is 0 Å². The first-order valence-electron chi connectivity index (χ1n) is 6.29. The van der Waals surface area contributed by atoms with Gasteiger partial charge in [0, 0.05) is 44.3 Å². The van der Waals surface area contributed by atoms with E-state index in [-0.39, 0.29) is 23.4 Å². The molecule has 2 rings (SSSR count). The smallest absolute Gasteiger partial charge is 0.161 e. The van der Waals surface area contributed by atoms with Gasteiger partial charge in [0.2, 0.25) is 0 Å². The maximum Gasteiger partial charge on any atom is 0.161 e. The fourth-order valence-corrected chi connectivity index (χ4v) is 6.33. The number of Topliss-reactive ketones (excluding diaryl/α,β-unsaturated/α-hetero) is 2. The zero-order valence-corrected chi connectivity index (χ0v) is 15.3. The summed E-state index contributed by atoms with van der Waals surface area (Å²) >= 11 is 6.50. The van der Waals surface area contributed by atoms with Crippen LogP contribution in [-0.4, -0.2) is 36.6 Å². The lowest BCUT2D eigenvalue weighted by Crippen LogP contribution is -2.05. The molecule has 2 fully saturated rings. The Hall–Kier alpha value is 0.220. The number of carbonyl (C=O) groups is 2. The summed E-state index contributed by atoms with van der Waals surface area (Å²) in [7, 11) is 0. The molecule has 0 unspecified atom stereocenters. The lowest BCUT2D eigenvalue weighted by atomic mass is 9.96. The molecule has 0 saturated heterocycles. The maximum absolute atomic E-state index is 12.4. The van der Waals surface area contributed by atoms with Crippen LogP contribution in [0.3, 0.4) is 0 Å².